The third kappa shape index (κ3) is 3.09. The predicted octanol–water partition coefficient (Wildman–Crippen LogP) is 0.812. The molecule has 2 aliphatic heterocycles. The van der Waals surface area contributed by atoms with E-state index in [0.29, 0.717) is 38.4 Å². The highest BCUT2D eigenvalue weighted by Gasteiger charge is 2.32. The van der Waals surface area contributed by atoms with Crippen LogP contribution in [0.5, 0.6) is 5.75 Å². The molecular weight excluding hydrogens is 320 g/mol. The molecule has 7 nitrogen and oxygen atoms in total. The van der Waals surface area contributed by atoms with E-state index in [1.807, 2.05) is 34.1 Å². The minimum atomic E-state index is -0.417. The van der Waals surface area contributed by atoms with Gasteiger partial charge in [0.2, 0.25) is 0 Å². The maximum Gasteiger partial charge on any atom is 0.290 e. The molecule has 1 atom stereocenters. The summed E-state index contributed by atoms with van der Waals surface area (Å²) in [5.74, 6) is 1.26. The smallest absolute Gasteiger partial charge is 0.290 e. The fraction of sp³-hybridized carbons (Fsp3) is 0.389. The van der Waals surface area contributed by atoms with Gasteiger partial charge in [0.1, 0.15) is 5.75 Å². The molecule has 1 unspecified atom stereocenters. The highest BCUT2D eigenvalue weighted by Crippen LogP contribution is 2.28. The quantitative estimate of drug-likeness (QED) is 0.875. The Morgan fingerprint density at radius 2 is 2.00 bits per heavy atom. The highest BCUT2D eigenvalue weighted by molar-refractivity contribution is 5.82. The Kier molecular flexibility index (Phi) is 4.13. The second-order valence-corrected chi connectivity index (χ2v) is 6.31. The SMILES string of the molecule is O=C(C1CCc2ccccc2O1)N1CCN(c2ncc[nH]c2=O)CC1. The summed E-state index contributed by atoms with van der Waals surface area (Å²) in [5, 5.41) is 0. The lowest BCUT2D eigenvalue weighted by Gasteiger charge is -2.37. The van der Waals surface area contributed by atoms with Crippen molar-refractivity contribution in [3.63, 3.8) is 0 Å². The molecule has 1 aromatic carbocycles. The molecule has 1 fully saturated rings. The number of carbonyl (C=O) groups excluding carboxylic acids is 1. The van der Waals surface area contributed by atoms with Crippen LogP contribution < -0.4 is 15.2 Å². The van der Waals surface area contributed by atoms with Gasteiger partial charge in [0, 0.05) is 38.6 Å². The number of ether oxygens (including phenoxy) is 1. The number of aromatic amines is 1. The van der Waals surface area contributed by atoms with E-state index in [2.05, 4.69) is 9.97 Å². The summed E-state index contributed by atoms with van der Waals surface area (Å²) in [5.41, 5.74) is 0.959. The molecule has 130 valence electrons. The van der Waals surface area contributed by atoms with Gasteiger partial charge in [-0.3, -0.25) is 9.59 Å². The summed E-state index contributed by atoms with van der Waals surface area (Å²) in [6.45, 7) is 2.32. The van der Waals surface area contributed by atoms with E-state index in [-0.39, 0.29) is 11.5 Å². The number of carbonyl (C=O) groups is 1. The van der Waals surface area contributed by atoms with Gasteiger partial charge in [-0.25, -0.2) is 4.98 Å². The van der Waals surface area contributed by atoms with Gasteiger partial charge in [-0.2, -0.15) is 0 Å². The number of aromatic nitrogens is 2. The molecule has 0 aliphatic carbocycles. The van der Waals surface area contributed by atoms with Gasteiger partial charge in [-0.15, -0.1) is 0 Å². The second kappa shape index (κ2) is 6.58. The Morgan fingerprint density at radius 3 is 2.80 bits per heavy atom. The molecule has 1 aromatic heterocycles. The number of piperazine rings is 1. The number of nitrogens with one attached hydrogen (secondary N) is 1. The van der Waals surface area contributed by atoms with Gasteiger partial charge in [-0.05, 0) is 24.5 Å². The Balaban J connectivity index is 1.39. The van der Waals surface area contributed by atoms with Crippen LogP contribution >= 0.6 is 0 Å². The van der Waals surface area contributed by atoms with E-state index < -0.39 is 6.10 Å². The minimum Gasteiger partial charge on any atom is -0.480 e. The zero-order valence-electron chi connectivity index (χ0n) is 13.9. The molecule has 25 heavy (non-hydrogen) atoms. The van der Waals surface area contributed by atoms with Gasteiger partial charge in [0.25, 0.3) is 11.5 Å². The molecular formula is C18H20N4O3. The van der Waals surface area contributed by atoms with Crippen molar-refractivity contribution in [3.8, 4) is 5.75 Å². The van der Waals surface area contributed by atoms with Crippen molar-refractivity contribution < 1.29 is 9.53 Å². The molecule has 2 aliphatic rings. The van der Waals surface area contributed by atoms with Gasteiger partial charge < -0.3 is 19.5 Å². The van der Waals surface area contributed by atoms with Gasteiger partial charge in [-0.1, -0.05) is 18.2 Å². The summed E-state index contributed by atoms with van der Waals surface area (Å²) < 4.78 is 5.91. The number of anilines is 1. The molecule has 1 saturated heterocycles. The van der Waals surface area contributed by atoms with E-state index >= 15 is 0 Å². The predicted molar refractivity (Wildman–Crippen MR) is 92.8 cm³/mol. The third-order valence-electron chi connectivity index (χ3n) is 4.77. The lowest BCUT2D eigenvalue weighted by molar-refractivity contribution is -0.139. The number of rotatable bonds is 2. The van der Waals surface area contributed by atoms with Crippen LogP contribution in [-0.2, 0) is 11.2 Å². The summed E-state index contributed by atoms with van der Waals surface area (Å²) in [7, 11) is 0. The summed E-state index contributed by atoms with van der Waals surface area (Å²) in [4.78, 5) is 35.1. The zero-order chi connectivity index (χ0) is 17.2. The van der Waals surface area contributed by atoms with E-state index in [1.165, 1.54) is 6.20 Å². The Hall–Kier alpha value is -2.83. The zero-order valence-corrected chi connectivity index (χ0v) is 13.9. The second-order valence-electron chi connectivity index (χ2n) is 6.31. The van der Waals surface area contributed by atoms with Crippen LogP contribution in [0.1, 0.15) is 12.0 Å². The molecule has 0 bridgehead atoms. The average Bonchev–Trinajstić information content (AvgIpc) is 2.67. The van der Waals surface area contributed by atoms with Crippen LogP contribution in [0, 0.1) is 0 Å². The number of fused-ring (bicyclic) bond motifs is 1. The first-order valence-electron chi connectivity index (χ1n) is 8.54. The fourth-order valence-electron chi connectivity index (χ4n) is 3.41. The monoisotopic (exact) mass is 340 g/mol. The molecule has 7 heteroatoms. The first kappa shape index (κ1) is 15.7. The lowest BCUT2D eigenvalue weighted by Crippen LogP contribution is -2.53. The first-order valence-corrected chi connectivity index (χ1v) is 8.54. The van der Waals surface area contributed by atoms with Crippen LogP contribution in [0.15, 0.2) is 41.5 Å². The van der Waals surface area contributed by atoms with E-state index in [0.717, 1.165) is 17.7 Å². The summed E-state index contributed by atoms with van der Waals surface area (Å²) in [6, 6.07) is 7.87. The van der Waals surface area contributed by atoms with Gasteiger partial charge in [0.15, 0.2) is 11.9 Å². The van der Waals surface area contributed by atoms with Crippen molar-refractivity contribution in [1.82, 2.24) is 14.9 Å². The molecule has 0 radical (unpaired) electrons. The largest absolute Gasteiger partial charge is 0.480 e. The molecule has 0 saturated carbocycles. The molecule has 4 rings (SSSR count). The summed E-state index contributed by atoms with van der Waals surface area (Å²) in [6.07, 6.45) is 4.23. The number of amides is 1. The molecule has 3 heterocycles. The van der Waals surface area contributed by atoms with Crippen molar-refractivity contribution in [2.75, 3.05) is 31.1 Å². The number of hydrogen-bond donors (Lipinski definition) is 1. The molecule has 2 aromatic rings. The number of aryl methyl sites for hydroxylation is 1. The standard InChI is InChI=1S/C18H20N4O3/c23-17-16(19-7-8-20-17)21-9-11-22(12-10-21)18(24)15-6-5-13-3-1-2-4-14(13)25-15/h1-4,7-8,15H,5-6,9-12H2,(H,20,23). The van der Waals surface area contributed by atoms with Crippen LogP contribution in [-0.4, -0.2) is 53.1 Å². The van der Waals surface area contributed by atoms with Crippen molar-refractivity contribution in [2.45, 2.75) is 18.9 Å². The van der Waals surface area contributed by atoms with Gasteiger partial charge in [0.05, 0.1) is 0 Å². The van der Waals surface area contributed by atoms with E-state index in [1.54, 1.807) is 6.20 Å². The van der Waals surface area contributed by atoms with Gasteiger partial charge >= 0.3 is 0 Å². The van der Waals surface area contributed by atoms with Crippen LogP contribution in [0.3, 0.4) is 0 Å². The molecule has 1 amide bonds. The average molecular weight is 340 g/mol. The highest BCUT2D eigenvalue weighted by atomic mass is 16.5. The van der Waals surface area contributed by atoms with Crippen molar-refractivity contribution in [1.29, 1.82) is 0 Å². The Bertz CT molecular complexity index is 827. The van der Waals surface area contributed by atoms with Crippen LogP contribution in [0.4, 0.5) is 5.82 Å². The van der Waals surface area contributed by atoms with Crippen molar-refractivity contribution in [2.24, 2.45) is 0 Å². The lowest BCUT2D eigenvalue weighted by atomic mass is 10.0. The Labute approximate surface area is 145 Å². The third-order valence-corrected chi connectivity index (χ3v) is 4.77. The topological polar surface area (TPSA) is 78.5 Å². The van der Waals surface area contributed by atoms with E-state index in [9.17, 15) is 9.59 Å². The Morgan fingerprint density at radius 1 is 1.20 bits per heavy atom. The maximum atomic E-state index is 12.8. The van der Waals surface area contributed by atoms with E-state index in [4.69, 9.17) is 4.74 Å². The minimum absolute atomic E-state index is 0.0316. The number of benzene rings is 1. The normalized spacial score (nSPS) is 19.9. The number of hydrogen-bond acceptors (Lipinski definition) is 5. The summed E-state index contributed by atoms with van der Waals surface area (Å²) >= 11 is 0. The number of nitrogens with zero attached hydrogens (tertiary/aromatic N) is 3. The number of para-hydroxylation sites is 1. The molecule has 0 spiro atoms. The maximum absolute atomic E-state index is 12.8. The number of H-pyrrole nitrogens is 1. The van der Waals surface area contributed by atoms with Crippen LogP contribution in [0.2, 0.25) is 0 Å². The van der Waals surface area contributed by atoms with Crippen LogP contribution in [0.25, 0.3) is 0 Å². The van der Waals surface area contributed by atoms with Crippen molar-refractivity contribution in [3.05, 3.63) is 52.6 Å². The van der Waals surface area contributed by atoms with Crippen molar-refractivity contribution >= 4 is 11.7 Å². The fourth-order valence-corrected chi connectivity index (χ4v) is 3.41. The molecule has 1 N–H and O–H groups in total. The first-order chi connectivity index (χ1) is 12.2.